The van der Waals surface area contributed by atoms with Crippen LogP contribution in [-0.2, 0) is 18.8 Å². The van der Waals surface area contributed by atoms with Crippen LogP contribution >= 0.6 is 22.9 Å². The molecule has 0 fully saturated rings. The van der Waals surface area contributed by atoms with Crippen LogP contribution in [0.1, 0.15) is 11.5 Å². The summed E-state index contributed by atoms with van der Waals surface area (Å²) in [6.45, 7) is 0.700. The van der Waals surface area contributed by atoms with Gasteiger partial charge in [-0.15, -0.1) is 22.9 Å². The lowest BCUT2D eigenvalue weighted by molar-refractivity contribution is 0.626. The van der Waals surface area contributed by atoms with Crippen LogP contribution in [0.3, 0.4) is 0 Å². The molecule has 0 aliphatic rings. The molecule has 0 atom stereocenters. The number of fused-ring (bicyclic) bond motifs is 1. The highest BCUT2D eigenvalue weighted by molar-refractivity contribution is 7.07. The number of thiazole rings is 1. The van der Waals surface area contributed by atoms with E-state index in [1.807, 2.05) is 15.5 Å². The summed E-state index contributed by atoms with van der Waals surface area (Å²) >= 11 is 7.48. The monoisotopic (exact) mass is 295 g/mol. The summed E-state index contributed by atoms with van der Waals surface area (Å²) in [5.74, 6) is 0.814. The van der Waals surface area contributed by atoms with Crippen LogP contribution in [0.15, 0.2) is 29.1 Å². The van der Waals surface area contributed by atoms with E-state index in [9.17, 15) is 4.39 Å². The van der Waals surface area contributed by atoms with Crippen LogP contribution in [0.2, 0.25) is 0 Å². The van der Waals surface area contributed by atoms with Crippen LogP contribution in [-0.4, -0.2) is 14.5 Å². The summed E-state index contributed by atoms with van der Waals surface area (Å²) < 4.78 is 15.3. The molecule has 2 aromatic heterocycles. The number of rotatable bonds is 4. The first kappa shape index (κ1) is 12.6. The minimum Gasteiger partial charge on any atom is -0.326 e. The molecule has 0 saturated carbocycles. The van der Waals surface area contributed by atoms with E-state index < -0.39 is 0 Å². The lowest BCUT2D eigenvalue weighted by Crippen LogP contribution is -2.05. The van der Waals surface area contributed by atoms with Gasteiger partial charge in [-0.3, -0.25) is 0 Å². The number of aryl methyl sites for hydroxylation is 2. The second-order valence-electron chi connectivity index (χ2n) is 4.18. The second kappa shape index (κ2) is 5.27. The van der Waals surface area contributed by atoms with Crippen LogP contribution in [0.25, 0.3) is 11.0 Å². The number of halogens is 2. The van der Waals surface area contributed by atoms with Crippen molar-refractivity contribution < 1.29 is 4.39 Å². The van der Waals surface area contributed by atoms with Crippen LogP contribution in [0.5, 0.6) is 0 Å². The molecule has 0 aliphatic heterocycles. The van der Waals surface area contributed by atoms with E-state index in [1.54, 1.807) is 17.4 Å². The van der Waals surface area contributed by atoms with Gasteiger partial charge >= 0.3 is 0 Å². The Bertz CT molecular complexity index is 693. The molecule has 98 valence electrons. The van der Waals surface area contributed by atoms with Crippen molar-refractivity contribution in [3.8, 4) is 0 Å². The molecule has 0 unspecified atom stereocenters. The van der Waals surface area contributed by atoms with E-state index >= 15 is 0 Å². The fourth-order valence-corrected chi connectivity index (χ4v) is 2.88. The lowest BCUT2D eigenvalue weighted by Gasteiger charge is -2.06. The number of nitrogens with zero attached hydrogens (tertiary/aromatic N) is 3. The standard InChI is InChI=1S/C13H11ClFN3S/c14-6-13-17-11-2-1-9(15)5-12(11)18(13)4-3-10-7-19-8-16-10/h1-2,5,7-8H,3-4,6H2. The Hall–Kier alpha value is -1.46. The molecule has 0 N–H and O–H groups in total. The van der Waals surface area contributed by atoms with Crippen molar-refractivity contribution in [2.24, 2.45) is 0 Å². The summed E-state index contributed by atoms with van der Waals surface area (Å²) in [6.07, 6.45) is 0.787. The maximum absolute atomic E-state index is 13.4. The Morgan fingerprint density at radius 2 is 2.26 bits per heavy atom. The number of imidazole rings is 1. The topological polar surface area (TPSA) is 30.7 Å². The average Bonchev–Trinajstić information content (AvgIpc) is 3.03. The minimum absolute atomic E-state index is 0.261. The van der Waals surface area contributed by atoms with Crippen LogP contribution < -0.4 is 0 Å². The molecular formula is C13H11ClFN3S. The third-order valence-electron chi connectivity index (χ3n) is 2.98. The summed E-state index contributed by atoms with van der Waals surface area (Å²) in [7, 11) is 0. The van der Waals surface area contributed by atoms with Gasteiger partial charge in [-0.1, -0.05) is 0 Å². The highest BCUT2D eigenvalue weighted by Crippen LogP contribution is 2.19. The van der Waals surface area contributed by atoms with Crippen molar-refractivity contribution in [2.75, 3.05) is 0 Å². The van der Waals surface area contributed by atoms with E-state index in [1.165, 1.54) is 12.1 Å². The largest absolute Gasteiger partial charge is 0.326 e. The predicted octanol–water partition coefficient (Wildman–Crippen LogP) is 3.61. The predicted molar refractivity (Wildman–Crippen MR) is 75.1 cm³/mol. The number of aromatic nitrogens is 3. The van der Waals surface area contributed by atoms with Crippen molar-refractivity contribution in [3.05, 3.63) is 46.4 Å². The fraction of sp³-hybridized carbons (Fsp3) is 0.231. The molecule has 6 heteroatoms. The Kier molecular flexibility index (Phi) is 3.48. The van der Waals surface area contributed by atoms with E-state index in [4.69, 9.17) is 11.6 Å². The van der Waals surface area contributed by atoms with Gasteiger partial charge < -0.3 is 4.57 Å². The highest BCUT2D eigenvalue weighted by Gasteiger charge is 2.11. The maximum atomic E-state index is 13.4. The highest BCUT2D eigenvalue weighted by atomic mass is 35.5. The summed E-state index contributed by atoms with van der Waals surface area (Å²) in [5, 5.41) is 2.01. The Morgan fingerprint density at radius 1 is 1.37 bits per heavy atom. The van der Waals surface area contributed by atoms with Gasteiger partial charge in [0.05, 0.1) is 28.1 Å². The molecule has 3 nitrogen and oxygen atoms in total. The van der Waals surface area contributed by atoms with E-state index in [-0.39, 0.29) is 5.82 Å². The Morgan fingerprint density at radius 3 is 3.00 bits per heavy atom. The van der Waals surface area contributed by atoms with Gasteiger partial charge in [0.25, 0.3) is 0 Å². The number of alkyl halides is 1. The summed E-state index contributed by atoms with van der Waals surface area (Å²) in [5.41, 5.74) is 4.40. The van der Waals surface area contributed by atoms with Gasteiger partial charge in [-0.05, 0) is 18.2 Å². The van der Waals surface area contributed by atoms with Crippen molar-refractivity contribution in [3.63, 3.8) is 0 Å². The molecule has 0 aliphatic carbocycles. The number of benzene rings is 1. The molecule has 0 amide bonds. The molecule has 19 heavy (non-hydrogen) atoms. The second-order valence-corrected chi connectivity index (χ2v) is 5.16. The van der Waals surface area contributed by atoms with Gasteiger partial charge in [0.1, 0.15) is 11.6 Å². The lowest BCUT2D eigenvalue weighted by atomic mass is 10.3. The van der Waals surface area contributed by atoms with Gasteiger partial charge in [-0.2, -0.15) is 0 Å². The molecule has 3 aromatic rings. The average molecular weight is 296 g/mol. The first-order valence-corrected chi connectivity index (χ1v) is 7.33. The van der Waals surface area contributed by atoms with Crippen molar-refractivity contribution in [1.82, 2.24) is 14.5 Å². The maximum Gasteiger partial charge on any atom is 0.125 e. The van der Waals surface area contributed by atoms with E-state index in [0.717, 1.165) is 29.0 Å². The quantitative estimate of drug-likeness (QED) is 0.688. The van der Waals surface area contributed by atoms with Gasteiger partial charge in [0.2, 0.25) is 0 Å². The zero-order valence-corrected chi connectivity index (χ0v) is 11.6. The molecule has 0 saturated heterocycles. The molecule has 2 heterocycles. The third-order valence-corrected chi connectivity index (χ3v) is 3.86. The van der Waals surface area contributed by atoms with Gasteiger partial charge in [0, 0.05) is 18.3 Å². The number of hydrogen-bond acceptors (Lipinski definition) is 3. The third kappa shape index (κ3) is 2.48. The van der Waals surface area contributed by atoms with Gasteiger partial charge in [-0.25, -0.2) is 14.4 Å². The van der Waals surface area contributed by atoms with E-state index in [0.29, 0.717) is 12.4 Å². The molecule has 3 rings (SSSR count). The Balaban J connectivity index is 1.97. The van der Waals surface area contributed by atoms with E-state index in [2.05, 4.69) is 9.97 Å². The summed E-state index contributed by atoms with van der Waals surface area (Å²) in [4.78, 5) is 8.67. The first-order chi connectivity index (χ1) is 9.28. The molecule has 1 aromatic carbocycles. The molecular weight excluding hydrogens is 285 g/mol. The van der Waals surface area contributed by atoms with Crippen molar-refractivity contribution in [1.29, 1.82) is 0 Å². The van der Waals surface area contributed by atoms with Gasteiger partial charge in [0.15, 0.2) is 0 Å². The van der Waals surface area contributed by atoms with Crippen LogP contribution in [0.4, 0.5) is 4.39 Å². The molecule has 0 bridgehead atoms. The zero-order chi connectivity index (χ0) is 13.2. The molecule has 0 spiro atoms. The normalized spacial score (nSPS) is 11.3. The minimum atomic E-state index is -0.261. The Labute approximate surface area is 118 Å². The first-order valence-electron chi connectivity index (χ1n) is 5.85. The van der Waals surface area contributed by atoms with Crippen LogP contribution in [0, 0.1) is 5.82 Å². The summed E-state index contributed by atoms with van der Waals surface area (Å²) in [6, 6.07) is 4.59. The molecule has 0 radical (unpaired) electrons. The van der Waals surface area contributed by atoms with Crippen molar-refractivity contribution >= 4 is 34.0 Å². The number of hydrogen-bond donors (Lipinski definition) is 0. The van der Waals surface area contributed by atoms with Crippen molar-refractivity contribution in [2.45, 2.75) is 18.8 Å². The SMILES string of the molecule is Fc1ccc2nc(CCl)n(CCc3cscn3)c2c1. The zero-order valence-electron chi connectivity index (χ0n) is 10.0. The fourth-order valence-electron chi connectivity index (χ4n) is 2.08. The smallest absolute Gasteiger partial charge is 0.125 e.